The van der Waals surface area contributed by atoms with E-state index in [1.807, 2.05) is 18.2 Å². The summed E-state index contributed by atoms with van der Waals surface area (Å²) in [6, 6.07) is 14.9. The van der Waals surface area contributed by atoms with Crippen LogP contribution in [0, 0.1) is 5.82 Å². The fraction of sp³-hybridized carbons (Fsp3) is 0.211. The first-order valence-corrected chi connectivity index (χ1v) is 8.63. The van der Waals surface area contributed by atoms with Crippen LogP contribution in [0.15, 0.2) is 59.1 Å². The average Bonchev–Trinajstić information content (AvgIpc) is 2.59. The van der Waals surface area contributed by atoms with Crippen molar-refractivity contribution in [2.75, 3.05) is 25.0 Å². The highest BCUT2D eigenvalue weighted by Crippen LogP contribution is 2.22. The molecule has 0 fully saturated rings. The molecule has 0 bridgehead atoms. The van der Waals surface area contributed by atoms with Crippen molar-refractivity contribution >= 4 is 33.1 Å². The van der Waals surface area contributed by atoms with E-state index >= 15 is 0 Å². The molecule has 2 aromatic rings. The molecule has 0 spiro atoms. The summed E-state index contributed by atoms with van der Waals surface area (Å²) in [6.07, 6.45) is 3.07. The monoisotopic (exact) mass is 388 g/mol. The SMILES string of the molecule is O=C(CN1CC=C(c2ccccc2)CC1)Nc1ccc(Br)cc1F. The first kappa shape index (κ1) is 16.9. The summed E-state index contributed by atoms with van der Waals surface area (Å²) in [5, 5.41) is 2.63. The summed E-state index contributed by atoms with van der Waals surface area (Å²) in [6.45, 7) is 1.80. The molecule has 2 aromatic carbocycles. The van der Waals surface area contributed by atoms with Crippen molar-refractivity contribution in [3.8, 4) is 0 Å². The van der Waals surface area contributed by atoms with Gasteiger partial charge in [-0.1, -0.05) is 52.3 Å². The van der Waals surface area contributed by atoms with Crippen molar-refractivity contribution < 1.29 is 9.18 Å². The van der Waals surface area contributed by atoms with Crippen molar-refractivity contribution in [1.29, 1.82) is 0 Å². The standard InChI is InChI=1S/C19H18BrFN2O/c20-16-6-7-18(17(21)12-16)22-19(24)13-23-10-8-15(9-11-23)14-4-2-1-3-5-14/h1-8,12H,9-11,13H2,(H,22,24). The van der Waals surface area contributed by atoms with E-state index in [0.29, 0.717) is 4.47 Å². The number of carbonyl (C=O) groups is 1. The van der Waals surface area contributed by atoms with Gasteiger partial charge in [-0.3, -0.25) is 9.69 Å². The van der Waals surface area contributed by atoms with Crippen LogP contribution in [0.1, 0.15) is 12.0 Å². The molecule has 24 heavy (non-hydrogen) atoms. The van der Waals surface area contributed by atoms with Crippen LogP contribution in [0.2, 0.25) is 0 Å². The molecule has 0 saturated carbocycles. The molecule has 1 aliphatic rings. The van der Waals surface area contributed by atoms with Crippen LogP contribution in [-0.2, 0) is 4.79 Å². The highest BCUT2D eigenvalue weighted by Gasteiger charge is 2.16. The van der Waals surface area contributed by atoms with Gasteiger partial charge in [-0.2, -0.15) is 0 Å². The Hall–Kier alpha value is -1.98. The van der Waals surface area contributed by atoms with Crippen molar-refractivity contribution in [3.05, 3.63) is 70.5 Å². The molecule has 0 aromatic heterocycles. The molecule has 0 atom stereocenters. The molecular weight excluding hydrogens is 371 g/mol. The Morgan fingerprint density at radius 3 is 2.67 bits per heavy atom. The van der Waals surface area contributed by atoms with Crippen LogP contribution in [0.4, 0.5) is 10.1 Å². The molecule has 124 valence electrons. The Labute approximate surface area is 149 Å². The minimum absolute atomic E-state index is 0.201. The summed E-state index contributed by atoms with van der Waals surface area (Å²) in [5.41, 5.74) is 2.76. The third kappa shape index (κ3) is 4.30. The molecule has 0 saturated heterocycles. The molecule has 1 aliphatic heterocycles. The van der Waals surface area contributed by atoms with Crippen LogP contribution < -0.4 is 5.32 Å². The van der Waals surface area contributed by atoms with Crippen LogP contribution >= 0.6 is 15.9 Å². The topological polar surface area (TPSA) is 32.3 Å². The van der Waals surface area contributed by atoms with Gasteiger partial charge in [0.15, 0.2) is 0 Å². The van der Waals surface area contributed by atoms with E-state index in [0.717, 1.165) is 19.5 Å². The number of anilines is 1. The highest BCUT2D eigenvalue weighted by atomic mass is 79.9. The summed E-state index contributed by atoms with van der Waals surface area (Å²) in [7, 11) is 0. The molecule has 0 aliphatic carbocycles. The zero-order valence-electron chi connectivity index (χ0n) is 13.1. The largest absolute Gasteiger partial charge is 0.322 e. The molecule has 0 radical (unpaired) electrons. The summed E-state index contributed by atoms with van der Waals surface area (Å²) >= 11 is 3.20. The van der Waals surface area contributed by atoms with Gasteiger partial charge >= 0.3 is 0 Å². The van der Waals surface area contributed by atoms with Gasteiger partial charge in [0.2, 0.25) is 5.91 Å². The number of amides is 1. The minimum Gasteiger partial charge on any atom is -0.322 e. The lowest BCUT2D eigenvalue weighted by Gasteiger charge is -2.25. The van der Waals surface area contributed by atoms with Crippen molar-refractivity contribution in [1.82, 2.24) is 4.90 Å². The number of hydrogen-bond acceptors (Lipinski definition) is 2. The Kier molecular flexibility index (Phi) is 5.43. The Morgan fingerprint density at radius 2 is 2.00 bits per heavy atom. The second kappa shape index (κ2) is 7.73. The highest BCUT2D eigenvalue weighted by molar-refractivity contribution is 9.10. The van der Waals surface area contributed by atoms with Crippen LogP contribution in [-0.4, -0.2) is 30.4 Å². The average molecular weight is 389 g/mol. The van der Waals surface area contributed by atoms with Crippen molar-refractivity contribution in [2.45, 2.75) is 6.42 Å². The fourth-order valence-corrected chi connectivity index (χ4v) is 3.09. The predicted octanol–water partition coefficient (Wildman–Crippen LogP) is 4.32. The summed E-state index contributed by atoms with van der Waals surface area (Å²) in [5.74, 6) is -0.643. The molecule has 1 heterocycles. The first-order chi connectivity index (χ1) is 11.6. The van der Waals surface area contributed by atoms with Gasteiger partial charge in [-0.05, 0) is 35.8 Å². The van der Waals surface area contributed by atoms with Crippen LogP contribution in [0.3, 0.4) is 0 Å². The van der Waals surface area contributed by atoms with Gasteiger partial charge < -0.3 is 5.32 Å². The van der Waals surface area contributed by atoms with Gasteiger partial charge in [-0.25, -0.2) is 4.39 Å². The van der Waals surface area contributed by atoms with Gasteiger partial charge in [0.1, 0.15) is 5.82 Å². The maximum atomic E-state index is 13.8. The van der Waals surface area contributed by atoms with E-state index in [1.54, 1.807) is 12.1 Å². The van der Waals surface area contributed by atoms with E-state index in [-0.39, 0.29) is 18.1 Å². The lowest BCUT2D eigenvalue weighted by atomic mass is 10.00. The second-order valence-corrected chi connectivity index (χ2v) is 6.67. The maximum Gasteiger partial charge on any atom is 0.238 e. The van der Waals surface area contributed by atoms with E-state index in [4.69, 9.17) is 0 Å². The molecule has 5 heteroatoms. The van der Waals surface area contributed by atoms with E-state index in [1.165, 1.54) is 17.2 Å². The fourth-order valence-electron chi connectivity index (χ4n) is 2.75. The third-order valence-electron chi connectivity index (χ3n) is 4.01. The van der Waals surface area contributed by atoms with Crippen LogP contribution in [0.25, 0.3) is 5.57 Å². The lowest BCUT2D eigenvalue weighted by Crippen LogP contribution is -2.36. The molecule has 1 N–H and O–H groups in total. The van der Waals surface area contributed by atoms with Crippen LogP contribution in [0.5, 0.6) is 0 Å². The number of carbonyl (C=O) groups excluding carboxylic acids is 1. The Bertz CT molecular complexity index is 761. The Morgan fingerprint density at radius 1 is 1.21 bits per heavy atom. The predicted molar refractivity (Wildman–Crippen MR) is 98.2 cm³/mol. The molecule has 1 amide bonds. The maximum absolute atomic E-state index is 13.8. The molecule has 0 unspecified atom stereocenters. The quantitative estimate of drug-likeness (QED) is 0.845. The number of benzene rings is 2. The zero-order valence-corrected chi connectivity index (χ0v) is 14.7. The number of rotatable bonds is 4. The number of halogens is 2. The summed E-state index contributed by atoms with van der Waals surface area (Å²) < 4.78 is 14.4. The molecular formula is C19H18BrFN2O. The van der Waals surface area contributed by atoms with Gasteiger partial charge in [-0.15, -0.1) is 0 Å². The number of nitrogens with zero attached hydrogens (tertiary/aromatic N) is 1. The first-order valence-electron chi connectivity index (χ1n) is 7.83. The molecule has 3 rings (SSSR count). The van der Waals surface area contributed by atoms with Gasteiger partial charge in [0.05, 0.1) is 12.2 Å². The minimum atomic E-state index is -0.442. The zero-order chi connectivity index (χ0) is 16.9. The lowest BCUT2D eigenvalue weighted by molar-refractivity contribution is -0.117. The summed E-state index contributed by atoms with van der Waals surface area (Å²) in [4.78, 5) is 14.2. The second-order valence-electron chi connectivity index (χ2n) is 5.75. The number of nitrogens with one attached hydrogen (secondary N) is 1. The van der Waals surface area contributed by atoms with Crippen molar-refractivity contribution in [3.63, 3.8) is 0 Å². The normalized spacial score (nSPS) is 15.0. The molecule has 3 nitrogen and oxygen atoms in total. The van der Waals surface area contributed by atoms with Gasteiger partial charge in [0.25, 0.3) is 0 Å². The smallest absolute Gasteiger partial charge is 0.238 e. The Balaban J connectivity index is 1.56. The van der Waals surface area contributed by atoms with Gasteiger partial charge in [0, 0.05) is 17.6 Å². The van der Waals surface area contributed by atoms with Crippen molar-refractivity contribution in [2.24, 2.45) is 0 Å². The van der Waals surface area contributed by atoms with E-state index in [9.17, 15) is 9.18 Å². The number of hydrogen-bond donors (Lipinski definition) is 1. The van der Waals surface area contributed by atoms with E-state index in [2.05, 4.69) is 44.4 Å². The van der Waals surface area contributed by atoms with E-state index < -0.39 is 5.82 Å². The third-order valence-corrected chi connectivity index (χ3v) is 4.50.